The van der Waals surface area contributed by atoms with Gasteiger partial charge in [-0.25, -0.2) is 0 Å². The van der Waals surface area contributed by atoms with E-state index in [-0.39, 0.29) is 18.0 Å². The van der Waals surface area contributed by atoms with Crippen molar-refractivity contribution in [3.05, 3.63) is 35.4 Å². The summed E-state index contributed by atoms with van der Waals surface area (Å²) in [6.45, 7) is 4.60. The van der Waals surface area contributed by atoms with Crippen LogP contribution < -0.4 is 10.6 Å². The lowest BCUT2D eigenvalue weighted by Crippen LogP contribution is -2.41. The Morgan fingerprint density at radius 2 is 2.16 bits per heavy atom. The number of rotatable bonds is 4. The molecule has 4 nitrogen and oxygen atoms in total. The fourth-order valence-corrected chi connectivity index (χ4v) is 2.36. The Morgan fingerprint density at radius 3 is 2.68 bits per heavy atom. The molecule has 0 spiro atoms. The van der Waals surface area contributed by atoms with Gasteiger partial charge in [0, 0.05) is 6.54 Å². The van der Waals surface area contributed by atoms with Crippen LogP contribution >= 0.6 is 0 Å². The molecular weight excluding hydrogens is 240 g/mol. The molecule has 0 aliphatic carbocycles. The third kappa shape index (κ3) is 3.55. The average molecular weight is 262 g/mol. The van der Waals surface area contributed by atoms with E-state index in [0.717, 1.165) is 12.0 Å². The van der Waals surface area contributed by atoms with Gasteiger partial charge in [-0.3, -0.25) is 4.79 Å². The largest absolute Gasteiger partial charge is 0.392 e. The number of nitrogens with one attached hydrogen (secondary N) is 2. The molecule has 0 aromatic heterocycles. The van der Waals surface area contributed by atoms with Crippen molar-refractivity contribution < 1.29 is 9.90 Å². The number of carbonyl (C=O) groups is 1. The van der Waals surface area contributed by atoms with Crippen molar-refractivity contribution in [1.82, 2.24) is 10.6 Å². The van der Waals surface area contributed by atoms with Crippen molar-refractivity contribution >= 4 is 5.91 Å². The second kappa shape index (κ2) is 6.17. The van der Waals surface area contributed by atoms with Gasteiger partial charge >= 0.3 is 0 Å². The molecule has 0 saturated carbocycles. The third-order valence-electron chi connectivity index (χ3n) is 3.67. The minimum atomic E-state index is -0.408. The van der Waals surface area contributed by atoms with Gasteiger partial charge in [0.2, 0.25) is 5.91 Å². The van der Waals surface area contributed by atoms with Crippen LogP contribution in [0.3, 0.4) is 0 Å². The number of hydrogen-bond donors (Lipinski definition) is 3. The number of aliphatic hydroxyl groups is 1. The van der Waals surface area contributed by atoms with Gasteiger partial charge in [0.1, 0.15) is 0 Å². The zero-order chi connectivity index (χ0) is 13.8. The van der Waals surface area contributed by atoms with Gasteiger partial charge in [-0.2, -0.15) is 0 Å². The molecule has 1 heterocycles. The summed E-state index contributed by atoms with van der Waals surface area (Å²) in [6, 6.07) is 8.01. The molecule has 1 amide bonds. The first kappa shape index (κ1) is 14.0. The van der Waals surface area contributed by atoms with Crippen LogP contribution in [0.15, 0.2) is 24.3 Å². The van der Waals surface area contributed by atoms with E-state index in [1.165, 1.54) is 5.56 Å². The van der Waals surface area contributed by atoms with Crippen molar-refractivity contribution in [3.8, 4) is 0 Å². The minimum absolute atomic E-state index is 0.0158. The van der Waals surface area contributed by atoms with Gasteiger partial charge in [-0.05, 0) is 30.9 Å². The van der Waals surface area contributed by atoms with Gasteiger partial charge in [0.05, 0.1) is 18.2 Å². The molecular formula is C15H22N2O2. The monoisotopic (exact) mass is 262 g/mol. The zero-order valence-electron chi connectivity index (χ0n) is 11.5. The lowest BCUT2D eigenvalue weighted by atomic mass is 10.0. The van der Waals surface area contributed by atoms with Crippen LogP contribution in [-0.2, 0) is 11.2 Å². The third-order valence-corrected chi connectivity index (χ3v) is 3.67. The second-order valence-electron chi connectivity index (χ2n) is 5.18. The van der Waals surface area contributed by atoms with Crippen LogP contribution in [0.4, 0.5) is 0 Å². The van der Waals surface area contributed by atoms with E-state index >= 15 is 0 Å². The maximum atomic E-state index is 12.0. The summed E-state index contributed by atoms with van der Waals surface area (Å²) >= 11 is 0. The average Bonchev–Trinajstić information content (AvgIpc) is 2.85. The fourth-order valence-electron chi connectivity index (χ4n) is 2.36. The highest BCUT2D eigenvalue weighted by Gasteiger charge is 2.28. The van der Waals surface area contributed by atoms with Crippen molar-refractivity contribution in [2.24, 2.45) is 0 Å². The number of β-amino-alcohol motifs (C(OH)–C–C–N with tert-alkyl or cyclic N) is 1. The molecule has 1 saturated heterocycles. The number of carbonyl (C=O) groups excluding carboxylic acids is 1. The highest BCUT2D eigenvalue weighted by atomic mass is 16.3. The van der Waals surface area contributed by atoms with E-state index in [1.807, 2.05) is 6.92 Å². The number of aliphatic hydroxyl groups excluding tert-OH is 1. The van der Waals surface area contributed by atoms with E-state index in [0.29, 0.717) is 13.0 Å². The molecule has 2 rings (SSSR count). The Kier molecular flexibility index (Phi) is 4.56. The van der Waals surface area contributed by atoms with Crippen LogP contribution in [-0.4, -0.2) is 29.7 Å². The first-order chi connectivity index (χ1) is 9.10. The van der Waals surface area contributed by atoms with Gasteiger partial charge in [0.15, 0.2) is 0 Å². The summed E-state index contributed by atoms with van der Waals surface area (Å²) in [5.74, 6) is -0.0383. The number of hydrogen-bond acceptors (Lipinski definition) is 3. The predicted octanol–water partition coefficient (Wildman–Crippen LogP) is 1.15. The molecule has 1 aromatic rings. The molecule has 3 N–H and O–H groups in total. The Bertz CT molecular complexity index is 430. The normalized spacial score (nSPS) is 24.2. The summed E-state index contributed by atoms with van der Waals surface area (Å²) in [6.07, 6.45) is 1.10. The van der Waals surface area contributed by atoms with E-state index in [2.05, 4.69) is 41.8 Å². The quantitative estimate of drug-likeness (QED) is 0.763. The standard InChI is InChI=1S/C15H22N2O2/c1-3-11-4-6-12(7-5-11)10(2)17-15(19)14-8-13(18)9-16-14/h4-7,10,13-14,16,18H,3,8-9H2,1-2H3,(H,17,19)/t10-,13+,14+/m0/s1. The van der Waals surface area contributed by atoms with E-state index in [4.69, 9.17) is 0 Å². The SMILES string of the molecule is CCc1ccc([C@H](C)NC(=O)[C@H]2C[C@@H](O)CN2)cc1. The molecule has 0 unspecified atom stereocenters. The molecule has 0 radical (unpaired) electrons. The number of aryl methyl sites for hydroxylation is 1. The Hall–Kier alpha value is -1.39. The van der Waals surface area contributed by atoms with Crippen LogP contribution in [0, 0.1) is 0 Å². The molecule has 3 atom stereocenters. The van der Waals surface area contributed by atoms with Crippen molar-refractivity contribution in [2.45, 2.75) is 44.9 Å². The molecule has 1 fully saturated rings. The Balaban J connectivity index is 1.92. The molecule has 1 aromatic carbocycles. The van der Waals surface area contributed by atoms with Gasteiger partial charge in [-0.15, -0.1) is 0 Å². The fraction of sp³-hybridized carbons (Fsp3) is 0.533. The number of amides is 1. The molecule has 104 valence electrons. The summed E-state index contributed by atoms with van der Waals surface area (Å²) in [4.78, 5) is 12.0. The van der Waals surface area contributed by atoms with Crippen LogP contribution in [0.25, 0.3) is 0 Å². The zero-order valence-corrected chi connectivity index (χ0v) is 11.5. The smallest absolute Gasteiger partial charge is 0.237 e. The van der Waals surface area contributed by atoms with Crippen molar-refractivity contribution in [3.63, 3.8) is 0 Å². The summed E-state index contributed by atoms with van der Waals surface area (Å²) < 4.78 is 0. The minimum Gasteiger partial charge on any atom is -0.392 e. The van der Waals surface area contributed by atoms with E-state index in [1.54, 1.807) is 0 Å². The highest BCUT2D eigenvalue weighted by molar-refractivity contribution is 5.82. The first-order valence-corrected chi connectivity index (χ1v) is 6.90. The van der Waals surface area contributed by atoms with Crippen LogP contribution in [0.5, 0.6) is 0 Å². The molecule has 4 heteroatoms. The lowest BCUT2D eigenvalue weighted by Gasteiger charge is -2.17. The maximum absolute atomic E-state index is 12.0. The van der Waals surface area contributed by atoms with Crippen molar-refractivity contribution in [2.75, 3.05) is 6.54 Å². The maximum Gasteiger partial charge on any atom is 0.237 e. The Morgan fingerprint density at radius 1 is 1.47 bits per heavy atom. The molecule has 1 aliphatic heterocycles. The van der Waals surface area contributed by atoms with Crippen LogP contribution in [0.1, 0.15) is 37.4 Å². The Labute approximate surface area is 114 Å². The topological polar surface area (TPSA) is 61.4 Å². The van der Waals surface area contributed by atoms with E-state index < -0.39 is 6.10 Å². The molecule has 0 bridgehead atoms. The van der Waals surface area contributed by atoms with Crippen LogP contribution in [0.2, 0.25) is 0 Å². The predicted molar refractivity (Wildman–Crippen MR) is 74.8 cm³/mol. The van der Waals surface area contributed by atoms with Crippen molar-refractivity contribution in [1.29, 1.82) is 0 Å². The van der Waals surface area contributed by atoms with Gasteiger partial charge < -0.3 is 15.7 Å². The summed E-state index contributed by atoms with van der Waals surface area (Å²) in [7, 11) is 0. The molecule has 1 aliphatic rings. The number of benzene rings is 1. The summed E-state index contributed by atoms with van der Waals surface area (Å²) in [5.41, 5.74) is 2.40. The highest BCUT2D eigenvalue weighted by Crippen LogP contribution is 2.15. The second-order valence-corrected chi connectivity index (χ2v) is 5.18. The lowest BCUT2D eigenvalue weighted by molar-refractivity contribution is -0.123. The summed E-state index contributed by atoms with van der Waals surface area (Å²) in [5, 5.41) is 15.4. The van der Waals surface area contributed by atoms with Gasteiger partial charge in [-0.1, -0.05) is 31.2 Å². The van der Waals surface area contributed by atoms with Gasteiger partial charge in [0.25, 0.3) is 0 Å². The van der Waals surface area contributed by atoms with E-state index in [9.17, 15) is 9.90 Å². The first-order valence-electron chi connectivity index (χ1n) is 6.90. The molecule has 19 heavy (non-hydrogen) atoms.